The third kappa shape index (κ3) is 2.43. The summed E-state index contributed by atoms with van der Waals surface area (Å²) in [5.41, 5.74) is 4.50. The number of aromatic nitrogens is 3. The Labute approximate surface area is 127 Å². The lowest BCUT2D eigenvalue weighted by molar-refractivity contribution is -0.383. The first-order valence-electron chi connectivity index (χ1n) is 7.00. The van der Waals surface area contributed by atoms with Crippen LogP contribution in [0.25, 0.3) is 10.9 Å². The lowest BCUT2D eigenvalue weighted by atomic mass is 10.2. The molecule has 0 unspecified atom stereocenters. The van der Waals surface area contributed by atoms with Crippen LogP contribution in [0, 0.1) is 30.9 Å². The molecule has 0 atom stereocenters. The number of fused-ring (bicyclic) bond motifs is 1. The van der Waals surface area contributed by atoms with Crippen LogP contribution in [0.1, 0.15) is 22.6 Å². The maximum absolute atomic E-state index is 11.2. The largest absolute Gasteiger partial charge is 0.280 e. The minimum atomic E-state index is -0.365. The maximum atomic E-state index is 11.2. The van der Waals surface area contributed by atoms with Gasteiger partial charge in [0, 0.05) is 11.8 Å². The fourth-order valence-corrected chi connectivity index (χ4v) is 2.83. The molecule has 22 heavy (non-hydrogen) atoms. The number of aryl methyl sites for hydroxylation is 3. The van der Waals surface area contributed by atoms with Gasteiger partial charge >= 0.3 is 0 Å². The van der Waals surface area contributed by atoms with Crippen LogP contribution >= 0.6 is 0 Å². The number of non-ortho nitro benzene ring substituents is 1. The van der Waals surface area contributed by atoms with Crippen LogP contribution in [0.15, 0.2) is 30.3 Å². The minimum absolute atomic E-state index is 0.0923. The summed E-state index contributed by atoms with van der Waals surface area (Å²) in [6.45, 7) is 6.26. The van der Waals surface area contributed by atoms with Crippen LogP contribution in [0.3, 0.4) is 0 Å². The fraction of sp³-hybridized carbons (Fsp3) is 0.250. The molecule has 0 aliphatic rings. The molecule has 0 aliphatic heterocycles. The van der Waals surface area contributed by atoms with Crippen LogP contribution in [-0.2, 0) is 6.54 Å². The van der Waals surface area contributed by atoms with Gasteiger partial charge in [-0.3, -0.25) is 19.8 Å². The van der Waals surface area contributed by atoms with Crippen molar-refractivity contribution in [2.75, 3.05) is 0 Å². The van der Waals surface area contributed by atoms with Gasteiger partial charge in [0.25, 0.3) is 5.69 Å². The zero-order valence-electron chi connectivity index (χ0n) is 12.7. The van der Waals surface area contributed by atoms with Gasteiger partial charge in [0.2, 0.25) is 0 Å². The summed E-state index contributed by atoms with van der Waals surface area (Å²) in [5, 5.41) is 16.2. The van der Waals surface area contributed by atoms with E-state index in [-0.39, 0.29) is 10.6 Å². The molecule has 112 valence electrons. The van der Waals surface area contributed by atoms with Crippen LogP contribution in [0.4, 0.5) is 5.69 Å². The molecule has 6 heteroatoms. The predicted octanol–water partition coefficient (Wildman–Crippen LogP) is 3.31. The summed E-state index contributed by atoms with van der Waals surface area (Å²) >= 11 is 0. The van der Waals surface area contributed by atoms with E-state index in [1.165, 1.54) is 6.07 Å². The van der Waals surface area contributed by atoms with Gasteiger partial charge in [0.1, 0.15) is 5.39 Å². The smallest absolute Gasteiger partial charge is 0.258 e. The summed E-state index contributed by atoms with van der Waals surface area (Å²) in [4.78, 5) is 15.3. The Morgan fingerprint density at radius 3 is 2.68 bits per heavy atom. The zero-order chi connectivity index (χ0) is 15.9. The topological polar surface area (TPSA) is 73.8 Å². The summed E-state index contributed by atoms with van der Waals surface area (Å²) in [6, 6.07) is 9.07. The summed E-state index contributed by atoms with van der Waals surface area (Å²) < 4.78 is 1.78. The Hall–Kier alpha value is -2.76. The number of nitro groups is 1. The van der Waals surface area contributed by atoms with E-state index in [0.29, 0.717) is 17.6 Å². The Balaban J connectivity index is 2.12. The molecule has 0 spiro atoms. The van der Waals surface area contributed by atoms with Crippen LogP contribution in [0.5, 0.6) is 0 Å². The Morgan fingerprint density at radius 1 is 1.23 bits per heavy atom. The van der Waals surface area contributed by atoms with Crippen LogP contribution < -0.4 is 0 Å². The standard InChI is InChI=1S/C16H16N4O2/c1-10-7-11(2)17-13(8-10)9-19-14-5-4-6-15(20(21)22)16(14)12(3)18-19/h4-8H,9H2,1-3H3. The molecular formula is C16H16N4O2. The molecule has 0 amide bonds. The molecule has 6 nitrogen and oxygen atoms in total. The van der Waals surface area contributed by atoms with E-state index < -0.39 is 0 Å². The van der Waals surface area contributed by atoms with Crippen molar-refractivity contribution >= 4 is 16.6 Å². The molecule has 1 aromatic carbocycles. The average molecular weight is 296 g/mol. The zero-order valence-corrected chi connectivity index (χ0v) is 12.7. The van der Waals surface area contributed by atoms with Crippen molar-refractivity contribution in [2.45, 2.75) is 27.3 Å². The number of pyridine rings is 1. The Kier molecular flexibility index (Phi) is 3.36. The maximum Gasteiger partial charge on any atom is 0.280 e. The van der Waals surface area contributed by atoms with E-state index in [0.717, 1.165) is 22.5 Å². The summed E-state index contributed by atoms with van der Waals surface area (Å²) in [6.07, 6.45) is 0. The monoisotopic (exact) mass is 296 g/mol. The third-order valence-corrected chi connectivity index (χ3v) is 3.59. The van der Waals surface area contributed by atoms with Crippen molar-refractivity contribution in [1.82, 2.24) is 14.8 Å². The molecule has 0 saturated heterocycles. The lowest BCUT2D eigenvalue weighted by Gasteiger charge is -2.06. The highest BCUT2D eigenvalue weighted by Gasteiger charge is 2.18. The number of hydrogen-bond acceptors (Lipinski definition) is 4. The first-order chi connectivity index (χ1) is 10.5. The highest BCUT2D eigenvalue weighted by molar-refractivity contribution is 5.90. The first kappa shape index (κ1) is 14.2. The molecule has 3 rings (SSSR count). The van der Waals surface area contributed by atoms with Gasteiger partial charge in [-0.15, -0.1) is 0 Å². The lowest BCUT2D eigenvalue weighted by Crippen LogP contribution is -2.05. The van der Waals surface area contributed by atoms with Crippen LogP contribution in [0.2, 0.25) is 0 Å². The van der Waals surface area contributed by atoms with Crippen molar-refractivity contribution in [3.8, 4) is 0 Å². The van der Waals surface area contributed by atoms with Gasteiger partial charge in [-0.2, -0.15) is 5.10 Å². The van der Waals surface area contributed by atoms with Gasteiger partial charge < -0.3 is 0 Å². The number of benzene rings is 1. The third-order valence-electron chi connectivity index (χ3n) is 3.59. The Morgan fingerprint density at radius 2 is 2.00 bits per heavy atom. The molecule has 0 aliphatic carbocycles. The van der Waals surface area contributed by atoms with Gasteiger partial charge in [-0.25, -0.2) is 0 Å². The van der Waals surface area contributed by atoms with E-state index in [2.05, 4.69) is 10.1 Å². The summed E-state index contributed by atoms with van der Waals surface area (Å²) in [5.74, 6) is 0. The van der Waals surface area contributed by atoms with Crippen molar-refractivity contribution in [1.29, 1.82) is 0 Å². The first-order valence-corrected chi connectivity index (χ1v) is 7.00. The van der Waals surface area contributed by atoms with E-state index in [1.54, 1.807) is 17.7 Å². The summed E-state index contributed by atoms with van der Waals surface area (Å²) in [7, 11) is 0. The molecule has 0 bridgehead atoms. The van der Waals surface area contributed by atoms with Gasteiger partial charge in [-0.1, -0.05) is 6.07 Å². The van der Waals surface area contributed by atoms with Crippen molar-refractivity contribution in [3.63, 3.8) is 0 Å². The molecule has 0 fully saturated rings. The highest BCUT2D eigenvalue weighted by atomic mass is 16.6. The second-order valence-electron chi connectivity index (χ2n) is 5.45. The predicted molar refractivity (Wildman–Crippen MR) is 83.9 cm³/mol. The average Bonchev–Trinajstić information content (AvgIpc) is 2.74. The molecule has 2 aromatic heterocycles. The SMILES string of the molecule is Cc1cc(C)nc(Cn2nc(C)c3c([N+](=O)[O-])cccc32)c1. The van der Waals surface area contributed by atoms with E-state index in [1.807, 2.05) is 32.0 Å². The van der Waals surface area contributed by atoms with E-state index in [4.69, 9.17) is 0 Å². The molecule has 2 heterocycles. The second-order valence-corrected chi connectivity index (χ2v) is 5.45. The second kappa shape index (κ2) is 5.22. The van der Waals surface area contributed by atoms with Gasteiger partial charge in [0.15, 0.2) is 0 Å². The van der Waals surface area contributed by atoms with E-state index in [9.17, 15) is 10.1 Å². The quantitative estimate of drug-likeness (QED) is 0.549. The molecule has 0 N–H and O–H groups in total. The van der Waals surface area contributed by atoms with Gasteiger partial charge in [-0.05, 0) is 44.5 Å². The normalized spacial score (nSPS) is 11.0. The van der Waals surface area contributed by atoms with Gasteiger partial charge in [0.05, 0.1) is 28.4 Å². The number of nitrogens with zero attached hydrogens (tertiary/aromatic N) is 4. The molecule has 0 radical (unpaired) electrons. The number of nitro benzene ring substituents is 1. The number of rotatable bonds is 3. The molecule has 0 saturated carbocycles. The highest BCUT2D eigenvalue weighted by Crippen LogP contribution is 2.28. The fourth-order valence-electron chi connectivity index (χ4n) is 2.83. The van der Waals surface area contributed by atoms with Crippen molar-refractivity contribution < 1.29 is 4.92 Å². The Bertz CT molecular complexity index is 863. The minimum Gasteiger partial charge on any atom is -0.258 e. The number of hydrogen-bond donors (Lipinski definition) is 0. The molecule has 3 aromatic rings. The van der Waals surface area contributed by atoms with Crippen molar-refractivity contribution in [2.24, 2.45) is 0 Å². The van der Waals surface area contributed by atoms with Crippen molar-refractivity contribution in [3.05, 3.63) is 63.1 Å². The van der Waals surface area contributed by atoms with Crippen LogP contribution in [-0.4, -0.2) is 19.7 Å². The molecular weight excluding hydrogens is 280 g/mol. The van der Waals surface area contributed by atoms with E-state index >= 15 is 0 Å².